The average molecular weight is 387 g/mol. The number of hydrogen-bond donors (Lipinski definition) is 2. The molecule has 4 rings (SSSR count). The molecule has 0 bridgehead atoms. The van der Waals surface area contributed by atoms with E-state index >= 15 is 0 Å². The fraction of sp³-hybridized carbons (Fsp3) is 0.250. The number of H-pyrrole nitrogens is 1. The first-order valence-corrected chi connectivity index (χ1v) is 9.91. The molecule has 0 spiro atoms. The second-order valence-electron chi connectivity index (χ2n) is 7.55. The summed E-state index contributed by atoms with van der Waals surface area (Å²) >= 11 is 0. The number of carbonyl (C=O) groups is 2. The summed E-state index contributed by atoms with van der Waals surface area (Å²) in [5.74, 6) is -0.273. The van der Waals surface area contributed by atoms with Crippen molar-refractivity contribution in [1.29, 1.82) is 0 Å². The molecule has 29 heavy (non-hydrogen) atoms. The van der Waals surface area contributed by atoms with Crippen molar-refractivity contribution in [1.82, 2.24) is 15.2 Å². The Morgan fingerprint density at radius 1 is 1.10 bits per heavy atom. The summed E-state index contributed by atoms with van der Waals surface area (Å²) in [4.78, 5) is 30.0. The van der Waals surface area contributed by atoms with Crippen molar-refractivity contribution in [2.75, 3.05) is 19.6 Å². The highest BCUT2D eigenvalue weighted by Crippen LogP contribution is 2.29. The number of fused-ring (bicyclic) bond motifs is 1. The van der Waals surface area contributed by atoms with E-state index in [-0.39, 0.29) is 18.4 Å². The molecule has 1 aliphatic heterocycles. The van der Waals surface area contributed by atoms with Crippen LogP contribution >= 0.6 is 0 Å². The van der Waals surface area contributed by atoms with Crippen LogP contribution in [0, 0.1) is 13.8 Å². The van der Waals surface area contributed by atoms with E-state index < -0.39 is 0 Å². The van der Waals surface area contributed by atoms with Crippen molar-refractivity contribution in [2.45, 2.75) is 20.3 Å². The normalized spacial score (nSPS) is 14.0. The largest absolute Gasteiger partial charge is 0.361 e. The van der Waals surface area contributed by atoms with Gasteiger partial charge < -0.3 is 15.2 Å². The lowest BCUT2D eigenvalue weighted by molar-refractivity contribution is -0.129. The summed E-state index contributed by atoms with van der Waals surface area (Å²) < 4.78 is 0. The Morgan fingerprint density at radius 2 is 1.93 bits per heavy atom. The van der Waals surface area contributed by atoms with Gasteiger partial charge in [0.1, 0.15) is 0 Å². The fourth-order valence-electron chi connectivity index (χ4n) is 3.73. The predicted octanol–water partition coefficient (Wildman–Crippen LogP) is 3.83. The topological polar surface area (TPSA) is 65.2 Å². The van der Waals surface area contributed by atoms with Crippen LogP contribution in [0.15, 0.2) is 54.7 Å². The molecule has 0 unspecified atom stereocenters. The maximum atomic E-state index is 12.5. The van der Waals surface area contributed by atoms with Gasteiger partial charge in [0.05, 0.1) is 6.54 Å². The molecule has 2 amide bonds. The highest BCUT2D eigenvalue weighted by Gasteiger charge is 2.20. The van der Waals surface area contributed by atoms with Crippen LogP contribution < -0.4 is 5.32 Å². The second kappa shape index (κ2) is 7.95. The maximum Gasteiger partial charge on any atom is 0.251 e. The summed E-state index contributed by atoms with van der Waals surface area (Å²) in [6.07, 6.45) is 4.96. The van der Waals surface area contributed by atoms with Crippen LogP contribution in [0.1, 0.15) is 33.5 Å². The van der Waals surface area contributed by atoms with Crippen molar-refractivity contribution in [3.63, 3.8) is 0 Å². The molecular weight excluding hydrogens is 362 g/mol. The van der Waals surface area contributed by atoms with E-state index in [9.17, 15) is 9.59 Å². The molecule has 3 aromatic rings. The number of aromatic nitrogens is 1. The van der Waals surface area contributed by atoms with Crippen molar-refractivity contribution in [3.8, 4) is 0 Å². The van der Waals surface area contributed by atoms with E-state index in [1.165, 1.54) is 16.5 Å². The second-order valence-corrected chi connectivity index (χ2v) is 7.55. The van der Waals surface area contributed by atoms with E-state index in [1.54, 1.807) is 11.0 Å². The van der Waals surface area contributed by atoms with E-state index in [0.29, 0.717) is 18.7 Å². The molecular formula is C24H25N3O2. The Hall–Kier alpha value is -3.34. The van der Waals surface area contributed by atoms with Gasteiger partial charge in [0.2, 0.25) is 5.91 Å². The van der Waals surface area contributed by atoms with Gasteiger partial charge in [-0.15, -0.1) is 0 Å². The molecule has 2 aromatic carbocycles. The first-order chi connectivity index (χ1) is 14.0. The van der Waals surface area contributed by atoms with Crippen molar-refractivity contribution < 1.29 is 9.59 Å². The molecule has 5 heteroatoms. The molecule has 2 heterocycles. The quantitative estimate of drug-likeness (QED) is 0.715. The van der Waals surface area contributed by atoms with Crippen molar-refractivity contribution >= 4 is 28.3 Å². The standard InChI is InChI=1S/C24H25N3O2/c1-16-7-8-19(13-17(16)2)24(29)26-15-23(28)27-11-9-18(10-12-27)21-14-25-22-6-4-3-5-20(21)22/h3-9,13-14,25H,10-12,15H2,1-2H3,(H,26,29). The van der Waals surface area contributed by atoms with Gasteiger partial charge in [-0.1, -0.05) is 30.3 Å². The minimum atomic E-state index is -0.214. The predicted molar refractivity (Wildman–Crippen MR) is 116 cm³/mol. The summed E-state index contributed by atoms with van der Waals surface area (Å²) in [5, 5.41) is 3.96. The third kappa shape index (κ3) is 3.94. The zero-order valence-electron chi connectivity index (χ0n) is 16.8. The van der Waals surface area contributed by atoms with Crippen LogP contribution in [0.3, 0.4) is 0 Å². The first kappa shape index (κ1) is 19.0. The number of aromatic amines is 1. The lowest BCUT2D eigenvalue weighted by atomic mass is 9.99. The van der Waals surface area contributed by atoms with Gasteiger partial charge >= 0.3 is 0 Å². The molecule has 0 radical (unpaired) electrons. The Labute approximate surface area is 170 Å². The van der Waals surface area contributed by atoms with Crippen LogP contribution in [0.2, 0.25) is 0 Å². The molecule has 1 aliphatic rings. The molecule has 0 saturated heterocycles. The summed E-state index contributed by atoms with van der Waals surface area (Å²) in [6.45, 7) is 5.22. The molecule has 1 aromatic heterocycles. The number of hydrogen-bond acceptors (Lipinski definition) is 2. The Morgan fingerprint density at radius 3 is 2.69 bits per heavy atom. The number of amides is 2. The Kier molecular flexibility index (Phi) is 5.21. The number of benzene rings is 2. The van der Waals surface area contributed by atoms with E-state index in [2.05, 4.69) is 28.5 Å². The van der Waals surface area contributed by atoms with Gasteiger partial charge in [0.25, 0.3) is 5.91 Å². The molecule has 148 valence electrons. The number of carbonyl (C=O) groups excluding carboxylic acids is 2. The van der Waals surface area contributed by atoms with Crippen LogP contribution in [0.25, 0.3) is 16.5 Å². The van der Waals surface area contributed by atoms with Crippen LogP contribution in [0.5, 0.6) is 0 Å². The minimum Gasteiger partial charge on any atom is -0.361 e. The zero-order chi connectivity index (χ0) is 20.4. The maximum absolute atomic E-state index is 12.5. The van der Waals surface area contributed by atoms with E-state index in [4.69, 9.17) is 0 Å². The lowest BCUT2D eigenvalue weighted by Gasteiger charge is -2.26. The number of para-hydroxylation sites is 1. The fourth-order valence-corrected chi connectivity index (χ4v) is 3.73. The van der Waals surface area contributed by atoms with Gasteiger partial charge in [0, 0.05) is 41.3 Å². The van der Waals surface area contributed by atoms with E-state index in [0.717, 1.165) is 23.1 Å². The number of aryl methyl sites for hydroxylation is 2. The summed E-state index contributed by atoms with van der Waals surface area (Å²) in [5.41, 5.74) is 6.37. The third-order valence-corrected chi connectivity index (χ3v) is 5.67. The van der Waals surface area contributed by atoms with Crippen LogP contribution in [-0.4, -0.2) is 41.3 Å². The summed E-state index contributed by atoms with van der Waals surface area (Å²) in [7, 11) is 0. The monoisotopic (exact) mass is 387 g/mol. The van der Waals surface area contributed by atoms with Crippen molar-refractivity contribution in [3.05, 3.63) is 77.0 Å². The lowest BCUT2D eigenvalue weighted by Crippen LogP contribution is -2.42. The van der Waals surface area contributed by atoms with Gasteiger partial charge in [-0.25, -0.2) is 0 Å². The van der Waals surface area contributed by atoms with Gasteiger partial charge in [-0.05, 0) is 55.2 Å². The molecule has 0 fully saturated rings. The Balaban J connectivity index is 1.36. The molecule has 2 N–H and O–H groups in total. The van der Waals surface area contributed by atoms with Crippen LogP contribution in [0.4, 0.5) is 0 Å². The SMILES string of the molecule is Cc1ccc(C(=O)NCC(=O)N2CC=C(c3c[nH]c4ccccc34)CC2)cc1C. The van der Waals surface area contributed by atoms with Crippen molar-refractivity contribution in [2.24, 2.45) is 0 Å². The molecule has 5 nitrogen and oxygen atoms in total. The van der Waals surface area contributed by atoms with E-state index in [1.807, 2.05) is 44.3 Å². The third-order valence-electron chi connectivity index (χ3n) is 5.67. The smallest absolute Gasteiger partial charge is 0.251 e. The molecule has 0 aliphatic carbocycles. The molecule has 0 saturated carbocycles. The van der Waals surface area contributed by atoms with Crippen LogP contribution in [-0.2, 0) is 4.79 Å². The number of nitrogens with zero attached hydrogens (tertiary/aromatic N) is 1. The number of nitrogens with one attached hydrogen (secondary N) is 2. The van der Waals surface area contributed by atoms with Gasteiger partial charge in [-0.3, -0.25) is 9.59 Å². The zero-order valence-corrected chi connectivity index (χ0v) is 16.8. The first-order valence-electron chi connectivity index (χ1n) is 9.91. The molecule has 0 atom stereocenters. The Bertz CT molecular complexity index is 1110. The highest BCUT2D eigenvalue weighted by molar-refractivity contribution is 5.97. The van der Waals surface area contributed by atoms with Gasteiger partial charge in [-0.2, -0.15) is 0 Å². The minimum absolute atomic E-state index is 0.0159. The summed E-state index contributed by atoms with van der Waals surface area (Å²) in [6, 6.07) is 13.8. The van der Waals surface area contributed by atoms with Gasteiger partial charge in [0.15, 0.2) is 0 Å². The average Bonchev–Trinajstić information content (AvgIpc) is 3.18. The number of rotatable bonds is 4. The highest BCUT2D eigenvalue weighted by atomic mass is 16.2.